The molecule has 0 atom stereocenters. The molecule has 21 heavy (non-hydrogen) atoms. The standard InChI is InChI=1S/C14H24N2O3S2/c1-9(2)15-8-13-10(3)5-14(20-13)21(17,18)16-11-6-12(7-11)19-4/h5,9,11-12,15-16H,6-8H2,1-4H3. The molecule has 1 fully saturated rings. The molecule has 2 rings (SSSR count). The third-order valence-electron chi connectivity index (χ3n) is 3.68. The summed E-state index contributed by atoms with van der Waals surface area (Å²) in [5, 5.41) is 3.32. The van der Waals surface area contributed by atoms with Crippen LogP contribution in [0.25, 0.3) is 0 Å². The first-order chi connectivity index (χ1) is 9.81. The Morgan fingerprint density at radius 1 is 1.43 bits per heavy atom. The summed E-state index contributed by atoms with van der Waals surface area (Å²) in [5.74, 6) is 0. The maximum absolute atomic E-state index is 12.4. The number of ether oxygens (including phenoxy) is 1. The van der Waals surface area contributed by atoms with Crippen LogP contribution in [0.2, 0.25) is 0 Å². The minimum Gasteiger partial charge on any atom is -0.381 e. The molecule has 0 bridgehead atoms. The summed E-state index contributed by atoms with van der Waals surface area (Å²) in [6.07, 6.45) is 1.69. The Kier molecular flexibility index (Phi) is 5.43. The van der Waals surface area contributed by atoms with E-state index in [1.807, 2.05) is 6.92 Å². The highest BCUT2D eigenvalue weighted by Crippen LogP contribution is 2.29. The van der Waals surface area contributed by atoms with E-state index in [2.05, 4.69) is 23.9 Å². The van der Waals surface area contributed by atoms with Gasteiger partial charge >= 0.3 is 0 Å². The SMILES string of the molecule is COC1CC(NS(=O)(=O)c2cc(C)c(CNC(C)C)s2)C1. The Bertz CT molecular complexity index is 575. The predicted octanol–water partition coefficient (Wildman–Crippen LogP) is 2.01. The number of methoxy groups -OCH3 is 1. The van der Waals surface area contributed by atoms with Crippen LogP contribution < -0.4 is 10.0 Å². The molecule has 0 spiro atoms. The van der Waals surface area contributed by atoms with Gasteiger partial charge in [-0.2, -0.15) is 0 Å². The van der Waals surface area contributed by atoms with Gasteiger partial charge in [0.15, 0.2) is 0 Å². The molecule has 0 radical (unpaired) electrons. The largest absolute Gasteiger partial charge is 0.381 e. The first-order valence-electron chi connectivity index (χ1n) is 7.19. The van der Waals surface area contributed by atoms with E-state index >= 15 is 0 Å². The molecule has 2 N–H and O–H groups in total. The fourth-order valence-electron chi connectivity index (χ4n) is 2.23. The van der Waals surface area contributed by atoms with Gasteiger partial charge in [0.05, 0.1) is 6.10 Å². The Morgan fingerprint density at radius 3 is 2.67 bits per heavy atom. The van der Waals surface area contributed by atoms with E-state index in [0.717, 1.165) is 23.3 Å². The van der Waals surface area contributed by atoms with Crippen molar-refractivity contribution in [1.82, 2.24) is 10.0 Å². The van der Waals surface area contributed by atoms with Crippen LogP contribution in [0.3, 0.4) is 0 Å². The predicted molar refractivity (Wildman–Crippen MR) is 85.2 cm³/mol. The van der Waals surface area contributed by atoms with Crippen molar-refractivity contribution in [3.05, 3.63) is 16.5 Å². The third kappa shape index (κ3) is 4.26. The first kappa shape index (κ1) is 16.9. The van der Waals surface area contributed by atoms with Gasteiger partial charge in [0, 0.05) is 30.6 Å². The molecule has 1 aromatic rings. The lowest BCUT2D eigenvalue weighted by molar-refractivity contribution is 0.0236. The quantitative estimate of drug-likeness (QED) is 0.801. The van der Waals surface area contributed by atoms with Crippen molar-refractivity contribution in [2.24, 2.45) is 0 Å². The van der Waals surface area contributed by atoms with E-state index < -0.39 is 10.0 Å². The van der Waals surface area contributed by atoms with E-state index in [-0.39, 0.29) is 12.1 Å². The Labute approximate surface area is 131 Å². The van der Waals surface area contributed by atoms with Crippen molar-refractivity contribution in [3.8, 4) is 0 Å². The van der Waals surface area contributed by atoms with E-state index in [1.165, 1.54) is 11.3 Å². The van der Waals surface area contributed by atoms with Crippen LogP contribution in [0.15, 0.2) is 10.3 Å². The summed E-state index contributed by atoms with van der Waals surface area (Å²) in [4.78, 5) is 1.08. The average molecular weight is 332 g/mol. The Balaban J connectivity index is 2.01. The minimum atomic E-state index is -3.41. The third-order valence-corrected chi connectivity index (χ3v) is 6.91. The fraction of sp³-hybridized carbons (Fsp3) is 0.714. The van der Waals surface area contributed by atoms with Crippen LogP contribution in [-0.2, 0) is 21.3 Å². The summed E-state index contributed by atoms with van der Waals surface area (Å²) in [6, 6.07) is 2.14. The molecule has 0 unspecified atom stereocenters. The number of nitrogens with one attached hydrogen (secondary N) is 2. The molecule has 120 valence electrons. The van der Waals surface area contributed by atoms with Crippen molar-refractivity contribution in [1.29, 1.82) is 0 Å². The zero-order valence-electron chi connectivity index (χ0n) is 13.0. The Morgan fingerprint density at radius 2 is 2.10 bits per heavy atom. The zero-order valence-corrected chi connectivity index (χ0v) is 14.6. The maximum Gasteiger partial charge on any atom is 0.250 e. The minimum absolute atomic E-state index is 0.000375. The van der Waals surface area contributed by atoms with Crippen molar-refractivity contribution < 1.29 is 13.2 Å². The molecule has 1 saturated carbocycles. The lowest BCUT2D eigenvalue weighted by Crippen LogP contribution is -2.47. The first-order valence-corrected chi connectivity index (χ1v) is 9.49. The Hall–Kier alpha value is -0.470. The lowest BCUT2D eigenvalue weighted by atomic mass is 9.90. The second-order valence-electron chi connectivity index (χ2n) is 5.85. The average Bonchev–Trinajstić information content (AvgIpc) is 2.73. The summed E-state index contributed by atoms with van der Waals surface area (Å²) < 4.78 is 33.1. The fourth-order valence-corrected chi connectivity index (χ4v) is 5.04. The van der Waals surface area contributed by atoms with Gasteiger partial charge < -0.3 is 10.1 Å². The van der Waals surface area contributed by atoms with E-state index in [0.29, 0.717) is 16.8 Å². The molecule has 7 heteroatoms. The van der Waals surface area contributed by atoms with Crippen LogP contribution in [0, 0.1) is 6.92 Å². The van der Waals surface area contributed by atoms with E-state index in [4.69, 9.17) is 4.74 Å². The van der Waals surface area contributed by atoms with Crippen LogP contribution >= 0.6 is 11.3 Å². The number of hydrogen-bond donors (Lipinski definition) is 2. The molecule has 0 aromatic carbocycles. The summed E-state index contributed by atoms with van der Waals surface area (Å²) in [6.45, 7) is 6.81. The summed E-state index contributed by atoms with van der Waals surface area (Å²) >= 11 is 1.35. The van der Waals surface area contributed by atoms with Crippen LogP contribution in [0.4, 0.5) is 0 Å². The van der Waals surface area contributed by atoms with Crippen molar-refractivity contribution in [2.45, 2.75) is 62.6 Å². The highest BCUT2D eigenvalue weighted by Gasteiger charge is 2.33. The molecule has 1 aliphatic carbocycles. The topological polar surface area (TPSA) is 67.4 Å². The molecule has 5 nitrogen and oxygen atoms in total. The van der Waals surface area contributed by atoms with Crippen molar-refractivity contribution in [2.75, 3.05) is 7.11 Å². The van der Waals surface area contributed by atoms with Crippen LogP contribution in [0.1, 0.15) is 37.1 Å². The molecule has 1 aliphatic rings. The zero-order chi connectivity index (χ0) is 15.6. The monoisotopic (exact) mass is 332 g/mol. The van der Waals surface area contributed by atoms with Gasteiger partial charge in [-0.25, -0.2) is 13.1 Å². The van der Waals surface area contributed by atoms with E-state index in [9.17, 15) is 8.42 Å². The lowest BCUT2D eigenvalue weighted by Gasteiger charge is -2.34. The molecular weight excluding hydrogens is 308 g/mol. The van der Waals surface area contributed by atoms with Gasteiger partial charge in [-0.1, -0.05) is 13.8 Å². The molecule has 1 aromatic heterocycles. The highest BCUT2D eigenvalue weighted by molar-refractivity contribution is 7.91. The van der Waals surface area contributed by atoms with Gasteiger partial charge in [0.1, 0.15) is 4.21 Å². The highest BCUT2D eigenvalue weighted by atomic mass is 32.2. The number of rotatable bonds is 7. The number of hydrogen-bond acceptors (Lipinski definition) is 5. The summed E-state index contributed by atoms with van der Waals surface area (Å²) in [7, 11) is -1.75. The molecule has 0 amide bonds. The molecule has 0 aliphatic heterocycles. The summed E-state index contributed by atoms with van der Waals surface area (Å²) in [5.41, 5.74) is 1.02. The van der Waals surface area contributed by atoms with Crippen LogP contribution in [-0.4, -0.2) is 33.7 Å². The maximum atomic E-state index is 12.4. The van der Waals surface area contributed by atoms with Crippen molar-refractivity contribution in [3.63, 3.8) is 0 Å². The van der Waals surface area contributed by atoms with Gasteiger partial charge in [-0.05, 0) is 31.4 Å². The smallest absolute Gasteiger partial charge is 0.250 e. The van der Waals surface area contributed by atoms with Gasteiger partial charge in [-0.15, -0.1) is 11.3 Å². The van der Waals surface area contributed by atoms with Gasteiger partial charge in [-0.3, -0.25) is 0 Å². The number of aryl methyl sites for hydroxylation is 1. The van der Waals surface area contributed by atoms with Gasteiger partial charge in [0.25, 0.3) is 0 Å². The molecule has 1 heterocycles. The molecular formula is C14H24N2O3S2. The van der Waals surface area contributed by atoms with Crippen LogP contribution in [0.5, 0.6) is 0 Å². The molecule has 0 saturated heterocycles. The second kappa shape index (κ2) is 6.75. The van der Waals surface area contributed by atoms with Crippen molar-refractivity contribution >= 4 is 21.4 Å². The number of thiophene rings is 1. The van der Waals surface area contributed by atoms with E-state index in [1.54, 1.807) is 13.2 Å². The van der Waals surface area contributed by atoms with Gasteiger partial charge in [0.2, 0.25) is 10.0 Å². The normalized spacial score (nSPS) is 22.5. The number of sulfonamides is 1. The second-order valence-corrected chi connectivity index (χ2v) is 8.93.